The molecule has 0 aromatic heterocycles. The number of ether oxygens (including phenoxy) is 1. The van der Waals surface area contributed by atoms with Crippen LogP contribution in [0.25, 0.3) is 0 Å². The fraction of sp³-hybridized carbons (Fsp3) is 0.400. The summed E-state index contributed by atoms with van der Waals surface area (Å²) in [6.07, 6.45) is 0. The Morgan fingerprint density at radius 2 is 1.85 bits per heavy atom. The smallest absolute Gasteiger partial charge is 0.136 e. The summed E-state index contributed by atoms with van der Waals surface area (Å²) in [7, 11) is 0. The molecule has 0 amide bonds. The van der Waals surface area contributed by atoms with E-state index in [9.17, 15) is 5.11 Å². The van der Waals surface area contributed by atoms with E-state index in [1.54, 1.807) is 0 Å². The number of hydrogen-bond acceptors (Lipinski definition) is 3. The average Bonchev–Trinajstić information content (AvgIpc) is 2.14. The summed E-state index contributed by atoms with van der Waals surface area (Å²) >= 11 is 0. The lowest BCUT2D eigenvalue weighted by Gasteiger charge is -2.36. The fourth-order valence-corrected chi connectivity index (χ4v) is 1.38. The van der Waals surface area contributed by atoms with Crippen LogP contribution in [0.15, 0.2) is 24.3 Å². The van der Waals surface area contributed by atoms with Crippen LogP contribution < -0.4 is 0 Å². The molecule has 1 aliphatic heterocycles. The van der Waals surface area contributed by atoms with Crippen LogP contribution in [0.5, 0.6) is 0 Å². The molecule has 2 rings (SSSR count). The molecule has 70 valence electrons. The standard InChI is InChI=1S/C10H12O3/c11-5-8-1-3-9(4-2-8)10(12)6-13-7-10/h1-4,11-12H,5-7H2. The Hall–Kier alpha value is -0.900. The second kappa shape index (κ2) is 3.10. The van der Waals surface area contributed by atoms with Gasteiger partial charge in [0, 0.05) is 0 Å². The molecule has 1 aromatic carbocycles. The Kier molecular flexibility index (Phi) is 2.07. The van der Waals surface area contributed by atoms with Gasteiger partial charge < -0.3 is 14.9 Å². The first-order valence-corrected chi connectivity index (χ1v) is 4.25. The lowest BCUT2D eigenvalue weighted by atomic mass is 9.91. The molecule has 0 unspecified atom stereocenters. The molecule has 1 fully saturated rings. The molecule has 1 aromatic rings. The molecular formula is C10H12O3. The van der Waals surface area contributed by atoms with E-state index in [1.165, 1.54) is 0 Å². The average molecular weight is 180 g/mol. The van der Waals surface area contributed by atoms with Gasteiger partial charge in [-0.05, 0) is 11.1 Å². The van der Waals surface area contributed by atoms with Crippen molar-refractivity contribution >= 4 is 0 Å². The van der Waals surface area contributed by atoms with Crippen LogP contribution in [-0.4, -0.2) is 23.4 Å². The van der Waals surface area contributed by atoms with Gasteiger partial charge in [0.15, 0.2) is 0 Å². The highest BCUT2D eigenvalue weighted by atomic mass is 16.5. The summed E-state index contributed by atoms with van der Waals surface area (Å²) in [5.74, 6) is 0. The minimum absolute atomic E-state index is 0.0369. The molecular weight excluding hydrogens is 168 g/mol. The van der Waals surface area contributed by atoms with E-state index in [1.807, 2.05) is 24.3 Å². The first-order chi connectivity index (χ1) is 6.24. The zero-order valence-corrected chi connectivity index (χ0v) is 7.23. The molecule has 0 atom stereocenters. The Balaban J connectivity index is 2.22. The van der Waals surface area contributed by atoms with Crippen LogP contribution in [0.3, 0.4) is 0 Å². The Labute approximate surface area is 76.6 Å². The minimum Gasteiger partial charge on any atom is -0.392 e. The summed E-state index contributed by atoms with van der Waals surface area (Å²) in [4.78, 5) is 0. The molecule has 0 radical (unpaired) electrons. The molecule has 1 heterocycles. The van der Waals surface area contributed by atoms with E-state index < -0.39 is 5.60 Å². The summed E-state index contributed by atoms with van der Waals surface area (Å²) in [6, 6.07) is 7.28. The fourth-order valence-electron chi connectivity index (χ4n) is 1.38. The normalized spacial score (nSPS) is 19.5. The molecule has 0 saturated carbocycles. The predicted octanol–water partition coefficient (Wildman–Crippen LogP) is 0.397. The van der Waals surface area contributed by atoms with Gasteiger partial charge in [-0.25, -0.2) is 0 Å². The summed E-state index contributed by atoms with van der Waals surface area (Å²) in [5, 5.41) is 18.7. The van der Waals surface area contributed by atoms with Crippen LogP contribution in [0.2, 0.25) is 0 Å². The van der Waals surface area contributed by atoms with Crippen molar-refractivity contribution in [2.75, 3.05) is 13.2 Å². The third-order valence-corrected chi connectivity index (χ3v) is 2.36. The van der Waals surface area contributed by atoms with E-state index in [0.29, 0.717) is 13.2 Å². The molecule has 3 nitrogen and oxygen atoms in total. The van der Waals surface area contributed by atoms with Gasteiger partial charge >= 0.3 is 0 Å². The number of rotatable bonds is 2. The molecule has 0 spiro atoms. The van der Waals surface area contributed by atoms with Crippen LogP contribution in [-0.2, 0) is 16.9 Å². The van der Waals surface area contributed by atoms with Gasteiger partial charge in [0.1, 0.15) is 5.60 Å². The number of aliphatic hydroxyl groups is 2. The Bertz CT molecular complexity index is 288. The Morgan fingerprint density at radius 3 is 2.23 bits per heavy atom. The number of hydrogen-bond donors (Lipinski definition) is 2. The van der Waals surface area contributed by atoms with Gasteiger partial charge in [-0.2, -0.15) is 0 Å². The topological polar surface area (TPSA) is 49.7 Å². The van der Waals surface area contributed by atoms with E-state index in [2.05, 4.69) is 0 Å². The third-order valence-electron chi connectivity index (χ3n) is 2.36. The molecule has 1 aliphatic rings. The van der Waals surface area contributed by atoms with Crippen molar-refractivity contribution in [3.8, 4) is 0 Å². The highest BCUT2D eigenvalue weighted by Crippen LogP contribution is 2.29. The minimum atomic E-state index is -0.798. The maximum atomic E-state index is 9.86. The molecule has 0 bridgehead atoms. The van der Waals surface area contributed by atoms with Crippen molar-refractivity contribution in [1.82, 2.24) is 0 Å². The van der Waals surface area contributed by atoms with Gasteiger partial charge in [-0.15, -0.1) is 0 Å². The van der Waals surface area contributed by atoms with E-state index in [0.717, 1.165) is 11.1 Å². The van der Waals surface area contributed by atoms with Crippen LogP contribution in [0.4, 0.5) is 0 Å². The predicted molar refractivity (Wildman–Crippen MR) is 47.1 cm³/mol. The van der Waals surface area contributed by atoms with Crippen molar-refractivity contribution in [3.05, 3.63) is 35.4 Å². The lowest BCUT2D eigenvalue weighted by molar-refractivity contribution is -0.184. The second-order valence-corrected chi connectivity index (χ2v) is 3.38. The van der Waals surface area contributed by atoms with Crippen molar-refractivity contribution in [2.24, 2.45) is 0 Å². The second-order valence-electron chi connectivity index (χ2n) is 3.38. The molecule has 13 heavy (non-hydrogen) atoms. The largest absolute Gasteiger partial charge is 0.392 e. The van der Waals surface area contributed by atoms with Crippen molar-refractivity contribution in [3.63, 3.8) is 0 Å². The van der Waals surface area contributed by atoms with Gasteiger partial charge in [0.25, 0.3) is 0 Å². The molecule has 1 saturated heterocycles. The van der Waals surface area contributed by atoms with Crippen molar-refractivity contribution in [2.45, 2.75) is 12.2 Å². The maximum absolute atomic E-state index is 9.86. The first-order valence-electron chi connectivity index (χ1n) is 4.25. The number of aliphatic hydroxyl groups excluding tert-OH is 1. The van der Waals surface area contributed by atoms with Crippen molar-refractivity contribution < 1.29 is 14.9 Å². The SMILES string of the molecule is OCc1ccc(C2(O)COC2)cc1. The van der Waals surface area contributed by atoms with E-state index in [-0.39, 0.29) is 6.61 Å². The summed E-state index contributed by atoms with van der Waals surface area (Å²) in [5.41, 5.74) is 0.914. The monoisotopic (exact) mass is 180 g/mol. The number of benzene rings is 1. The summed E-state index contributed by atoms with van der Waals surface area (Å²) in [6.45, 7) is 0.770. The van der Waals surface area contributed by atoms with Gasteiger partial charge in [-0.3, -0.25) is 0 Å². The van der Waals surface area contributed by atoms with Gasteiger partial charge in [0.05, 0.1) is 19.8 Å². The van der Waals surface area contributed by atoms with Crippen LogP contribution in [0, 0.1) is 0 Å². The zero-order valence-electron chi connectivity index (χ0n) is 7.23. The third kappa shape index (κ3) is 1.46. The first kappa shape index (κ1) is 8.69. The maximum Gasteiger partial charge on any atom is 0.136 e. The Morgan fingerprint density at radius 1 is 1.23 bits per heavy atom. The van der Waals surface area contributed by atoms with Crippen LogP contribution in [0.1, 0.15) is 11.1 Å². The molecule has 3 heteroatoms. The highest BCUT2D eigenvalue weighted by molar-refractivity contribution is 5.28. The van der Waals surface area contributed by atoms with Gasteiger partial charge in [0.2, 0.25) is 0 Å². The van der Waals surface area contributed by atoms with E-state index in [4.69, 9.17) is 9.84 Å². The zero-order chi connectivity index (χ0) is 9.31. The van der Waals surface area contributed by atoms with Crippen molar-refractivity contribution in [1.29, 1.82) is 0 Å². The van der Waals surface area contributed by atoms with Crippen LogP contribution >= 0.6 is 0 Å². The van der Waals surface area contributed by atoms with E-state index >= 15 is 0 Å². The summed E-state index contributed by atoms with van der Waals surface area (Å²) < 4.78 is 4.95. The van der Waals surface area contributed by atoms with Gasteiger partial charge in [-0.1, -0.05) is 24.3 Å². The quantitative estimate of drug-likeness (QED) is 0.692. The molecule has 0 aliphatic carbocycles. The highest BCUT2D eigenvalue weighted by Gasteiger charge is 2.37. The lowest BCUT2D eigenvalue weighted by Crippen LogP contribution is -2.46. The molecule has 2 N–H and O–H groups in total.